The summed E-state index contributed by atoms with van der Waals surface area (Å²) in [6.45, 7) is 4.00. The fourth-order valence-corrected chi connectivity index (χ4v) is 3.24. The second-order valence-corrected chi connectivity index (χ2v) is 7.58. The lowest BCUT2D eigenvalue weighted by molar-refractivity contribution is 0.0940. The molecule has 3 aromatic carbocycles. The van der Waals surface area contributed by atoms with Crippen LogP contribution >= 0.6 is 0 Å². The van der Waals surface area contributed by atoms with Crippen molar-refractivity contribution in [3.05, 3.63) is 108 Å². The standard InChI is InChI=1S/C26H23FN4O/c1-17-3-5-19(6-4-17)18(2)29-26(32)21-9-13-23(14-10-21)30-24-15-16-28-25(31-24)20-7-11-22(27)12-8-20/h3-16,18H,1-2H3,(H,29,32)(H,28,30,31). The van der Waals surface area contributed by atoms with E-state index >= 15 is 0 Å². The van der Waals surface area contributed by atoms with Gasteiger partial charge in [-0.2, -0.15) is 0 Å². The van der Waals surface area contributed by atoms with E-state index in [0.29, 0.717) is 17.2 Å². The number of rotatable bonds is 6. The molecule has 6 heteroatoms. The maximum absolute atomic E-state index is 13.1. The van der Waals surface area contributed by atoms with Crippen LogP contribution in [0, 0.1) is 12.7 Å². The first-order chi connectivity index (χ1) is 15.5. The van der Waals surface area contributed by atoms with Gasteiger partial charge < -0.3 is 10.6 Å². The molecule has 1 atom stereocenters. The van der Waals surface area contributed by atoms with E-state index in [1.54, 1.807) is 36.5 Å². The number of aryl methyl sites for hydroxylation is 1. The van der Waals surface area contributed by atoms with Gasteiger partial charge in [-0.25, -0.2) is 14.4 Å². The Kier molecular flexibility index (Phi) is 6.22. The highest BCUT2D eigenvalue weighted by Gasteiger charge is 2.11. The number of nitrogens with one attached hydrogen (secondary N) is 2. The van der Waals surface area contributed by atoms with E-state index in [4.69, 9.17) is 0 Å². The maximum atomic E-state index is 13.1. The van der Waals surface area contributed by atoms with E-state index in [1.807, 2.05) is 50.2 Å². The van der Waals surface area contributed by atoms with E-state index in [1.165, 1.54) is 17.7 Å². The number of amides is 1. The average molecular weight is 426 g/mol. The SMILES string of the molecule is Cc1ccc(C(C)NC(=O)c2ccc(Nc3ccnc(-c4ccc(F)cc4)n3)cc2)cc1. The predicted octanol–water partition coefficient (Wildman–Crippen LogP) is 5.83. The van der Waals surface area contributed by atoms with Crippen LogP contribution in [0.2, 0.25) is 0 Å². The molecule has 5 nitrogen and oxygen atoms in total. The van der Waals surface area contributed by atoms with Gasteiger partial charge in [0, 0.05) is 23.0 Å². The first kappa shape index (κ1) is 21.2. The molecule has 0 aliphatic rings. The number of aromatic nitrogens is 2. The summed E-state index contributed by atoms with van der Waals surface area (Å²) >= 11 is 0. The van der Waals surface area contributed by atoms with Crippen LogP contribution in [0.5, 0.6) is 0 Å². The van der Waals surface area contributed by atoms with Crippen LogP contribution in [0.3, 0.4) is 0 Å². The van der Waals surface area contributed by atoms with E-state index in [2.05, 4.69) is 20.6 Å². The highest BCUT2D eigenvalue weighted by molar-refractivity contribution is 5.94. The molecule has 1 unspecified atom stereocenters. The Balaban J connectivity index is 1.41. The summed E-state index contributed by atoms with van der Waals surface area (Å²) in [5.74, 6) is 0.659. The summed E-state index contributed by atoms with van der Waals surface area (Å²) in [6.07, 6.45) is 1.64. The Morgan fingerprint density at radius 1 is 0.906 bits per heavy atom. The number of hydrogen-bond donors (Lipinski definition) is 2. The molecular formula is C26H23FN4O. The van der Waals surface area contributed by atoms with Crippen LogP contribution in [0.25, 0.3) is 11.4 Å². The van der Waals surface area contributed by atoms with Crippen LogP contribution in [0.1, 0.15) is 34.5 Å². The fraction of sp³-hybridized carbons (Fsp3) is 0.115. The predicted molar refractivity (Wildman–Crippen MR) is 124 cm³/mol. The van der Waals surface area contributed by atoms with E-state index < -0.39 is 0 Å². The molecule has 160 valence electrons. The van der Waals surface area contributed by atoms with Gasteiger partial charge in [0.15, 0.2) is 5.82 Å². The fourth-order valence-electron chi connectivity index (χ4n) is 3.24. The molecule has 0 aliphatic heterocycles. The molecule has 0 aliphatic carbocycles. The Bertz CT molecular complexity index is 1210. The first-order valence-corrected chi connectivity index (χ1v) is 10.3. The van der Waals surface area contributed by atoms with Crippen molar-refractivity contribution in [1.82, 2.24) is 15.3 Å². The second-order valence-electron chi connectivity index (χ2n) is 7.58. The third kappa shape index (κ3) is 5.16. The van der Waals surface area contributed by atoms with Crippen LogP contribution in [-0.2, 0) is 0 Å². The molecule has 4 aromatic rings. The average Bonchev–Trinajstić information content (AvgIpc) is 2.80. The van der Waals surface area contributed by atoms with Crippen LogP contribution in [-0.4, -0.2) is 15.9 Å². The molecule has 32 heavy (non-hydrogen) atoms. The van der Waals surface area contributed by atoms with Gasteiger partial charge in [0.05, 0.1) is 6.04 Å². The largest absolute Gasteiger partial charge is 0.346 e. The number of carbonyl (C=O) groups is 1. The zero-order valence-electron chi connectivity index (χ0n) is 17.8. The number of anilines is 2. The Labute approximate surface area is 186 Å². The van der Waals surface area contributed by atoms with E-state index in [0.717, 1.165) is 16.8 Å². The molecule has 1 aromatic heterocycles. The van der Waals surface area contributed by atoms with Gasteiger partial charge in [0.1, 0.15) is 11.6 Å². The minimum atomic E-state index is -0.305. The van der Waals surface area contributed by atoms with Crippen molar-refractivity contribution in [2.75, 3.05) is 5.32 Å². The molecule has 0 saturated heterocycles. The first-order valence-electron chi connectivity index (χ1n) is 10.3. The lowest BCUT2D eigenvalue weighted by Crippen LogP contribution is -2.26. The molecule has 2 N–H and O–H groups in total. The maximum Gasteiger partial charge on any atom is 0.251 e. The van der Waals surface area contributed by atoms with Crippen LogP contribution in [0.4, 0.5) is 15.9 Å². The van der Waals surface area contributed by atoms with Gasteiger partial charge >= 0.3 is 0 Å². The highest BCUT2D eigenvalue weighted by atomic mass is 19.1. The van der Waals surface area contributed by atoms with Crippen molar-refractivity contribution in [2.45, 2.75) is 19.9 Å². The summed E-state index contributed by atoms with van der Waals surface area (Å²) in [7, 11) is 0. The Hall–Kier alpha value is -4.06. The normalized spacial score (nSPS) is 11.6. The van der Waals surface area contributed by atoms with Crippen molar-refractivity contribution in [1.29, 1.82) is 0 Å². The van der Waals surface area contributed by atoms with E-state index in [-0.39, 0.29) is 17.8 Å². The molecule has 1 heterocycles. The van der Waals surface area contributed by atoms with Gasteiger partial charge in [-0.15, -0.1) is 0 Å². The number of benzene rings is 3. The minimum absolute atomic E-state index is 0.0909. The molecule has 0 radical (unpaired) electrons. The van der Waals surface area contributed by atoms with Gasteiger partial charge in [0.2, 0.25) is 0 Å². The molecule has 4 rings (SSSR count). The molecule has 0 saturated carbocycles. The quantitative estimate of drug-likeness (QED) is 0.407. The zero-order chi connectivity index (χ0) is 22.5. The molecule has 0 spiro atoms. The molecular weight excluding hydrogens is 403 g/mol. The Morgan fingerprint density at radius 3 is 2.28 bits per heavy atom. The number of nitrogens with zero attached hydrogens (tertiary/aromatic N) is 2. The highest BCUT2D eigenvalue weighted by Crippen LogP contribution is 2.20. The van der Waals surface area contributed by atoms with Crippen molar-refractivity contribution in [3.8, 4) is 11.4 Å². The number of halogens is 1. The topological polar surface area (TPSA) is 66.9 Å². The van der Waals surface area contributed by atoms with Crippen LogP contribution in [0.15, 0.2) is 85.1 Å². The van der Waals surface area contributed by atoms with Crippen molar-refractivity contribution in [2.24, 2.45) is 0 Å². The second kappa shape index (κ2) is 9.39. The minimum Gasteiger partial charge on any atom is -0.346 e. The monoisotopic (exact) mass is 426 g/mol. The molecule has 0 fully saturated rings. The third-order valence-electron chi connectivity index (χ3n) is 5.10. The van der Waals surface area contributed by atoms with Gasteiger partial charge in [0.25, 0.3) is 5.91 Å². The summed E-state index contributed by atoms with van der Waals surface area (Å²) in [5.41, 5.74) is 4.33. The number of carbonyl (C=O) groups excluding carboxylic acids is 1. The lowest BCUT2D eigenvalue weighted by Gasteiger charge is -2.15. The van der Waals surface area contributed by atoms with Gasteiger partial charge in [-0.3, -0.25) is 4.79 Å². The lowest BCUT2D eigenvalue weighted by atomic mass is 10.1. The van der Waals surface area contributed by atoms with Gasteiger partial charge in [-0.1, -0.05) is 29.8 Å². The van der Waals surface area contributed by atoms with Crippen molar-refractivity contribution < 1.29 is 9.18 Å². The van der Waals surface area contributed by atoms with Crippen molar-refractivity contribution >= 4 is 17.4 Å². The molecule has 0 bridgehead atoms. The summed E-state index contributed by atoms with van der Waals surface area (Å²) in [4.78, 5) is 21.3. The number of hydrogen-bond acceptors (Lipinski definition) is 4. The van der Waals surface area contributed by atoms with Crippen LogP contribution < -0.4 is 10.6 Å². The molecule has 1 amide bonds. The zero-order valence-corrected chi connectivity index (χ0v) is 17.8. The third-order valence-corrected chi connectivity index (χ3v) is 5.10. The smallest absolute Gasteiger partial charge is 0.251 e. The van der Waals surface area contributed by atoms with Gasteiger partial charge in [-0.05, 0) is 74.0 Å². The summed E-state index contributed by atoms with van der Waals surface area (Å²) in [5, 5.41) is 6.23. The Morgan fingerprint density at radius 2 is 1.59 bits per heavy atom. The summed E-state index contributed by atoms with van der Waals surface area (Å²) in [6, 6.07) is 23.0. The van der Waals surface area contributed by atoms with E-state index in [9.17, 15) is 9.18 Å². The summed E-state index contributed by atoms with van der Waals surface area (Å²) < 4.78 is 13.1. The van der Waals surface area contributed by atoms with Crippen molar-refractivity contribution in [3.63, 3.8) is 0 Å².